The molecule has 2 aromatic rings. The molecule has 0 radical (unpaired) electrons. The number of hydrogen-bond acceptors (Lipinski definition) is 4. The summed E-state index contributed by atoms with van der Waals surface area (Å²) in [6.07, 6.45) is -0.184. The van der Waals surface area contributed by atoms with E-state index in [0.29, 0.717) is 6.42 Å². The average molecular weight is 426 g/mol. The standard InChI is InChI=1S/C22H23FN4O4/c23-15-9-5-4-8-14(15)11-16(20(24)29)25-19(28)12-18-22(31)26-17(21(30)27-18)10-13-6-2-1-3-7-13/h1-9,16-18H,10-12H2,(H2,24,29)(H,25,28)(H,26,31)(H,27,30)/t16-,17+,18+/m1/s1. The Hall–Kier alpha value is -3.75. The van der Waals surface area contributed by atoms with E-state index in [4.69, 9.17) is 5.73 Å². The maximum absolute atomic E-state index is 13.8. The number of carbonyl (C=O) groups excluding carboxylic acids is 4. The highest BCUT2D eigenvalue weighted by Crippen LogP contribution is 2.11. The van der Waals surface area contributed by atoms with E-state index in [9.17, 15) is 23.6 Å². The topological polar surface area (TPSA) is 130 Å². The molecular formula is C22H23FN4O4. The first-order valence-corrected chi connectivity index (χ1v) is 9.80. The van der Waals surface area contributed by atoms with Gasteiger partial charge in [-0.2, -0.15) is 0 Å². The van der Waals surface area contributed by atoms with E-state index in [1.807, 2.05) is 30.3 Å². The lowest BCUT2D eigenvalue weighted by atomic mass is 10.0. The summed E-state index contributed by atoms with van der Waals surface area (Å²) in [5.74, 6) is -2.93. The monoisotopic (exact) mass is 426 g/mol. The van der Waals surface area contributed by atoms with Crippen molar-refractivity contribution in [1.29, 1.82) is 0 Å². The summed E-state index contributed by atoms with van der Waals surface area (Å²) in [6, 6.07) is 12.1. The quantitative estimate of drug-likeness (QED) is 0.472. The lowest BCUT2D eigenvalue weighted by Crippen LogP contribution is -2.63. The van der Waals surface area contributed by atoms with Crippen LogP contribution in [0.15, 0.2) is 54.6 Å². The molecule has 1 aliphatic heterocycles. The average Bonchev–Trinajstić information content (AvgIpc) is 2.73. The molecule has 4 amide bonds. The molecule has 0 spiro atoms. The molecule has 2 aromatic carbocycles. The van der Waals surface area contributed by atoms with Crippen molar-refractivity contribution in [2.45, 2.75) is 37.4 Å². The van der Waals surface area contributed by atoms with Crippen LogP contribution < -0.4 is 21.7 Å². The smallest absolute Gasteiger partial charge is 0.243 e. The lowest BCUT2D eigenvalue weighted by Gasteiger charge is -2.29. The van der Waals surface area contributed by atoms with Crippen molar-refractivity contribution in [3.8, 4) is 0 Å². The molecule has 1 fully saturated rings. The van der Waals surface area contributed by atoms with Crippen molar-refractivity contribution < 1.29 is 23.6 Å². The molecule has 0 saturated carbocycles. The Morgan fingerprint density at radius 2 is 1.58 bits per heavy atom. The van der Waals surface area contributed by atoms with Crippen LogP contribution in [0.25, 0.3) is 0 Å². The van der Waals surface area contributed by atoms with Gasteiger partial charge < -0.3 is 21.7 Å². The molecule has 8 nitrogen and oxygen atoms in total. The number of amides is 4. The zero-order valence-corrected chi connectivity index (χ0v) is 16.6. The van der Waals surface area contributed by atoms with Crippen LogP contribution in [0.4, 0.5) is 4.39 Å². The van der Waals surface area contributed by atoms with Crippen LogP contribution in [-0.4, -0.2) is 41.8 Å². The Morgan fingerprint density at radius 1 is 0.968 bits per heavy atom. The van der Waals surface area contributed by atoms with Gasteiger partial charge in [0.05, 0.1) is 6.42 Å². The fourth-order valence-electron chi connectivity index (χ4n) is 3.36. The van der Waals surface area contributed by atoms with Gasteiger partial charge >= 0.3 is 0 Å². The Balaban J connectivity index is 1.57. The predicted molar refractivity (Wildman–Crippen MR) is 110 cm³/mol. The van der Waals surface area contributed by atoms with E-state index in [1.165, 1.54) is 18.2 Å². The van der Waals surface area contributed by atoms with E-state index >= 15 is 0 Å². The molecule has 3 atom stereocenters. The zero-order valence-electron chi connectivity index (χ0n) is 16.6. The minimum absolute atomic E-state index is 0.129. The second kappa shape index (κ2) is 9.84. The van der Waals surface area contributed by atoms with Crippen LogP contribution in [0.5, 0.6) is 0 Å². The van der Waals surface area contributed by atoms with E-state index in [0.717, 1.165) is 5.56 Å². The number of nitrogens with one attached hydrogen (secondary N) is 3. The van der Waals surface area contributed by atoms with Gasteiger partial charge in [0, 0.05) is 12.8 Å². The Labute approximate surface area is 178 Å². The van der Waals surface area contributed by atoms with Crippen LogP contribution >= 0.6 is 0 Å². The number of carbonyl (C=O) groups is 4. The molecule has 1 saturated heterocycles. The first-order chi connectivity index (χ1) is 14.8. The summed E-state index contributed by atoms with van der Waals surface area (Å²) in [6.45, 7) is 0. The number of piperazine rings is 1. The van der Waals surface area contributed by atoms with Crippen molar-refractivity contribution in [2.24, 2.45) is 5.73 Å². The van der Waals surface area contributed by atoms with E-state index in [-0.39, 0.29) is 18.4 Å². The highest BCUT2D eigenvalue weighted by molar-refractivity contribution is 5.99. The SMILES string of the molecule is NC(=O)[C@@H](Cc1ccccc1F)NC(=O)C[C@@H]1NC(=O)[C@H](Cc2ccccc2)NC1=O. The minimum Gasteiger partial charge on any atom is -0.368 e. The third-order valence-corrected chi connectivity index (χ3v) is 5.00. The number of hydrogen-bond donors (Lipinski definition) is 4. The van der Waals surface area contributed by atoms with Gasteiger partial charge in [-0.1, -0.05) is 48.5 Å². The summed E-state index contributed by atoms with van der Waals surface area (Å²) >= 11 is 0. The highest BCUT2D eigenvalue weighted by Gasteiger charge is 2.35. The van der Waals surface area contributed by atoms with Crippen LogP contribution in [0.3, 0.4) is 0 Å². The highest BCUT2D eigenvalue weighted by atomic mass is 19.1. The van der Waals surface area contributed by atoms with Crippen LogP contribution in [0.1, 0.15) is 17.5 Å². The van der Waals surface area contributed by atoms with Crippen molar-refractivity contribution in [3.05, 3.63) is 71.5 Å². The summed E-state index contributed by atoms with van der Waals surface area (Å²) in [5, 5.41) is 7.58. The second-order valence-corrected chi connectivity index (χ2v) is 7.33. The molecule has 5 N–H and O–H groups in total. The minimum atomic E-state index is -1.16. The van der Waals surface area contributed by atoms with Gasteiger partial charge in [-0.05, 0) is 17.2 Å². The molecular weight excluding hydrogens is 403 g/mol. The molecule has 0 aliphatic carbocycles. The summed E-state index contributed by atoms with van der Waals surface area (Å²) in [7, 11) is 0. The fourth-order valence-corrected chi connectivity index (χ4v) is 3.36. The molecule has 0 bridgehead atoms. The zero-order chi connectivity index (χ0) is 22.4. The largest absolute Gasteiger partial charge is 0.368 e. The Kier molecular flexibility index (Phi) is 6.96. The third-order valence-electron chi connectivity index (χ3n) is 5.00. The van der Waals surface area contributed by atoms with Crippen LogP contribution in [0, 0.1) is 5.82 Å². The molecule has 0 aromatic heterocycles. The first kappa shape index (κ1) is 21.9. The van der Waals surface area contributed by atoms with E-state index in [1.54, 1.807) is 6.07 Å². The van der Waals surface area contributed by atoms with Gasteiger partial charge in [0.2, 0.25) is 23.6 Å². The van der Waals surface area contributed by atoms with Crippen molar-refractivity contribution in [3.63, 3.8) is 0 Å². The second-order valence-electron chi connectivity index (χ2n) is 7.33. The van der Waals surface area contributed by atoms with Gasteiger partial charge in [-0.15, -0.1) is 0 Å². The normalized spacial score (nSPS) is 19.1. The van der Waals surface area contributed by atoms with Crippen molar-refractivity contribution in [1.82, 2.24) is 16.0 Å². The van der Waals surface area contributed by atoms with Gasteiger partial charge in [-0.3, -0.25) is 19.2 Å². The lowest BCUT2D eigenvalue weighted by molar-refractivity contribution is -0.138. The maximum atomic E-state index is 13.8. The summed E-state index contributed by atoms with van der Waals surface area (Å²) < 4.78 is 13.8. The predicted octanol–water partition coefficient (Wildman–Crippen LogP) is -0.0457. The van der Waals surface area contributed by atoms with Gasteiger partial charge in [-0.25, -0.2) is 4.39 Å². The van der Waals surface area contributed by atoms with Crippen LogP contribution in [0.2, 0.25) is 0 Å². The van der Waals surface area contributed by atoms with Gasteiger partial charge in [0.1, 0.15) is 23.9 Å². The third kappa shape index (κ3) is 5.88. The summed E-state index contributed by atoms with van der Waals surface area (Å²) in [4.78, 5) is 48.9. The molecule has 1 aliphatic rings. The van der Waals surface area contributed by atoms with Gasteiger partial charge in [0.15, 0.2) is 0 Å². The van der Waals surface area contributed by atoms with E-state index < -0.39 is 47.6 Å². The molecule has 3 rings (SSSR count). The molecule has 0 unspecified atom stereocenters. The Morgan fingerprint density at radius 3 is 2.26 bits per heavy atom. The summed E-state index contributed by atoms with van der Waals surface area (Å²) in [5.41, 5.74) is 6.44. The van der Waals surface area contributed by atoms with Crippen LogP contribution in [-0.2, 0) is 32.0 Å². The number of halogens is 1. The number of primary amides is 1. The van der Waals surface area contributed by atoms with Gasteiger partial charge in [0.25, 0.3) is 0 Å². The van der Waals surface area contributed by atoms with E-state index in [2.05, 4.69) is 16.0 Å². The van der Waals surface area contributed by atoms with Crippen molar-refractivity contribution in [2.75, 3.05) is 0 Å². The molecule has 1 heterocycles. The first-order valence-electron chi connectivity index (χ1n) is 9.80. The maximum Gasteiger partial charge on any atom is 0.243 e. The number of benzene rings is 2. The Bertz CT molecular complexity index is 982. The number of nitrogens with two attached hydrogens (primary N) is 1. The fraction of sp³-hybridized carbons (Fsp3) is 0.273. The molecule has 162 valence electrons. The molecule has 31 heavy (non-hydrogen) atoms. The number of rotatable bonds is 8. The molecule has 9 heteroatoms. The van der Waals surface area contributed by atoms with Crippen molar-refractivity contribution >= 4 is 23.6 Å².